The van der Waals surface area contributed by atoms with E-state index in [-0.39, 0.29) is 0 Å². The average Bonchev–Trinajstić information content (AvgIpc) is 3.41. The van der Waals surface area contributed by atoms with E-state index in [4.69, 9.17) is 14.0 Å². The molecule has 6 nitrogen and oxygen atoms in total. The summed E-state index contributed by atoms with van der Waals surface area (Å²) >= 11 is 0. The number of benzene rings is 2. The molecule has 0 N–H and O–H groups in total. The van der Waals surface area contributed by atoms with Gasteiger partial charge in [0.1, 0.15) is 0 Å². The molecule has 1 aromatic heterocycles. The summed E-state index contributed by atoms with van der Waals surface area (Å²) in [6.45, 7) is 6.41. The number of aromatic nitrogens is 2. The molecule has 3 aromatic rings. The second-order valence-electron chi connectivity index (χ2n) is 7.77. The number of methoxy groups -OCH3 is 1. The molecule has 0 bridgehead atoms. The smallest absolute Gasteiger partial charge is 0.223 e. The maximum atomic E-state index is 5.96. The lowest BCUT2D eigenvalue weighted by molar-refractivity contribution is 0.0444. The third-order valence-corrected chi connectivity index (χ3v) is 5.44. The van der Waals surface area contributed by atoms with Crippen molar-refractivity contribution in [3.8, 4) is 22.5 Å². The van der Waals surface area contributed by atoms with Gasteiger partial charge in [0.15, 0.2) is 0 Å². The SMILES string of the molecule is COCCCO[C@@H]1CCN(Cc2ccc(-c3ccc(-c4noc(C)n4)cc3)cc2)C1. The number of aryl methyl sites for hydroxylation is 1. The molecule has 1 aliphatic heterocycles. The number of likely N-dealkylation sites (tertiary alicyclic amines) is 1. The Hall–Kier alpha value is -2.54. The van der Waals surface area contributed by atoms with Crippen LogP contribution in [0, 0.1) is 6.92 Å². The maximum Gasteiger partial charge on any atom is 0.223 e. The highest BCUT2D eigenvalue weighted by Gasteiger charge is 2.22. The van der Waals surface area contributed by atoms with Gasteiger partial charge in [0, 0.05) is 52.4 Å². The lowest BCUT2D eigenvalue weighted by Gasteiger charge is -2.16. The van der Waals surface area contributed by atoms with E-state index in [1.54, 1.807) is 14.0 Å². The Kier molecular flexibility index (Phi) is 6.89. The van der Waals surface area contributed by atoms with Gasteiger partial charge in [0.05, 0.1) is 6.10 Å². The van der Waals surface area contributed by atoms with E-state index in [0.717, 1.165) is 51.3 Å². The highest BCUT2D eigenvalue weighted by Crippen LogP contribution is 2.24. The molecule has 0 spiro atoms. The Morgan fingerprint density at radius 3 is 2.37 bits per heavy atom. The van der Waals surface area contributed by atoms with Crippen LogP contribution in [0.5, 0.6) is 0 Å². The zero-order valence-corrected chi connectivity index (χ0v) is 17.7. The highest BCUT2D eigenvalue weighted by molar-refractivity contribution is 5.67. The average molecular weight is 408 g/mol. The van der Waals surface area contributed by atoms with Crippen molar-refractivity contribution in [1.29, 1.82) is 0 Å². The van der Waals surface area contributed by atoms with Crippen molar-refractivity contribution in [1.82, 2.24) is 15.0 Å². The monoisotopic (exact) mass is 407 g/mol. The Morgan fingerprint density at radius 1 is 1.00 bits per heavy atom. The molecule has 30 heavy (non-hydrogen) atoms. The number of rotatable bonds is 9. The number of ether oxygens (including phenoxy) is 2. The molecule has 6 heteroatoms. The summed E-state index contributed by atoms with van der Waals surface area (Å²) in [5.74, 6) is 1.20. The van der Waals surface area contributed by atoms with Crippen LogP contribution in [0.25, 0.3) is 22.5 Å². The molecule has 2 aromatic carbocycles. The van der Waals surface area contributed by atoms with Crippen LogP contribution in [-0.4, -0.2) is 54.6 Å². The standard InChI is InChI=1S/C24H29N3O3/c1-18-25-24(26-30-18)22-10-8-21(9-11-22)20-6-4-19(5-7-20)16-27-13-12-23(17-27)29-15-3-14-28-2/h4-11,23H,3,12-17H2,1-2H3/t23-/m1/s1. The van der Waals surface area contributed by atoms with E-state index in [2.05, 4.69) is 51.4 Å². The lowest BCUT2D eigenvalue weighted by Crippen LogP contribution is -2.23. The van der Waals surface area contributed by atoms with E-state index in [0.29, 0.717) is 17.8 Å². The lowest BCUT2D eigenvalue weighted by atomic mass is 10.0. The van der Waals surface area contributed by atoms with Crippen LogP contribution in [0.2, 0.25) is 0 Å². The quantitative estimate of drug-likeness (QED) is 0.492. The van der Waals surface area contributed by atoms with Crippen molar-refractivity contribution in [2.45, 2.75) is 32.4 Å². The largest absolute Gasteiger partial charge is 0.385 e. The third-order valence-electron chi connectivity index (χ3n) is 5.44. The van der Waals surface area contributed by atoms with E-state index >= 15 is 0 Å². The van der Waals surface area contributed by atoms with Crippen molar-refractivity contribution < 1.29 is 14.0 Å². The van der Waals surface area contributed by atoms with Crippen LogP contribution in [0.15, 0.2) is 53.1 Å². The fourth-order valence-electron chi connectivity index (χ4n) is 3.82. The second kappa shape index (κ2) is 9.98. The van der Waals surface area contributed by atoms with Crippen LogP contribution in [0.3, 0.4) is 0 Å². The van der Waals surface area contributed by atoms with Crippen molar-refractivity contribution in [2.75, 3.05) is 33.4 Å². The van der Waals surface area contributed by atoms with Gasteiger partial charge >= 0.3 is 0 Å². The Labute approximate surface area is 177 Å². The van der Waals surface area contributed by atoms with Gasteiger partial charge in [-0.25, -0.2) is 0 Å². The highest BCUT2D eigenvalue weighted by atomic mass is 16.5. The van der Waals surface area contributed by atoms with Gasteiger partial charge in [-0.1, -0.05) is 53.7 Å². The Morgan fingerprint density at radius 2 is 1.70 bits per heavy atom. The molecular formula is C24H29N3O3. The molecule has 158 valence electrons. The molecular weight excluding hydrogens is 378 g/mol. The van der Waals surface area contributed by atoms with E-state index in [1.165, 1.54) is 16.7 Å². The van der Waals surface area contributed by atoms with Gasteiger partial charge in [-0.05, 0) is 29.5 Å². The number of nitrogens with zero attached hydrogens (tertiary/aromatic N) is 3. The number of hydrogen-bond acceptors (Lipinski definition) is 6. The van der Waals surface area contributed by atoms with E-state index < -0.39 is 0 Å². The van der Waals surface area contributed by atoms with Crippen LogP contribution in [0.1, 0.15) is 24.3 Å². The second-order valence-corrected chi connectivity index (χ2v) is 7.77. The molecule has 1 aliphatic rings. The third kappa shape index (κ3) is 5.33. The van der Waals surface area contributed by atoms with Crippen LogP contribution < -0.4 is 0 Å². The summed E-state index contributed by atoms with van der Waals surface area (Å²) in [7, 11) is 1.73. The van der Waals surface area contributed by atoms with Gasteiger partial charge in [-0.3, -0.25) is 4.90 Å². The van der Waals surface area contributed by atoms with Crippen molar-refractivity contribution >= 4 is 0 Å². The molecule has 2 heterocycles. The molecule has 0 aliphatic carbocycles. The van der Waals surface area contributed by atoms with E-state index in [1.807, 2.05) is 12.1 Å². The molecule has 1 fully saturated rings. The summed E-state index contributed by atoms with van der Waals surface area (Å²) in [6.07, 6.45) is 2.42. The van der Waals surface area contributed by atoms with Crippen molar-refractivity contribution in [3.05, 3.63) is 60.0 Å². The van der Waals surface area contributed by atoms with Gasteiger partial charge in [-0.15, -0.1) is 0 Å². The fourth-order valence-corrected chi connectivity index (χ4v) is 3.82. The predicted octanol–water partition coefficient (Wildman–Crippen LogP) is 4.34. The Bertz CT molecular complexity index is 922. The summed E-state index contributed by atoms with van der Waals surface area (Å²) in [4.78, 5) is 6.75. The minimum Gasteiger partial charge on any atom is -0.385 e. The zero-order valence-electron chi connectivity index (χ0n) is 17.7. The first kappa shape index (κ1) is 20.7. The zero-order chi connectivity index (χ0) is 20.8. The van der Waals surface area contributed by atoms with Gasteiger partial charge < -0.3 is 14.0 Å². The van der Waals surface area contributed by atoms with Crippen LogP contribution in [-0.2, 0) is 16.0 Å². The first-order valence-corrected chi connectivity index (χ1v) is 10.5. The normalized spacial score (nSPS) is 16.9. The molecule has 1 saturated heterocycles. The molecule has 0 radical (unpaired) electrons. The molecule has 1 atom stereocenters. The van der Waals surface area contributed by atoms with Gasteiger partial charge in [0.25, 0.3) is 0 Å². The maximum absolute atomic E-state index is 5.96. The van der Waals surface area contributed by atoms with Crippen molar-refractivity contribution in [3.63, 3.8) is 0 Å². The predicted molar refractivity (Wildman–Crippen MR) is 116 cm³/mol. The molecule has 0 amide bonds. The summed E-state index contributed by atoms with van der Waals surface area (Å²) in [5, 5.41) is 3.97. The first-order chi connectivity index (χ1) is 14.7. The molecule has 0 saturated carbocycles. The summed E-state index contributed by atoms with van der Waals surface area (Å²) in [6, 6.07) is 17.1. The summed E-state index contributed by atoms with van der Waals surface area (Å²) in [5.41, 5.74) is 4.67. The van der Waals surface area contributed by atoms with Crippen LogP contribution in [0.4, 0.5) is 0 Å². The minimum absolute atomic E-state index is 0.350. The van der Waals surface area contributed by atoms with Gasteiger partial charge in [-0.2, -0.15) is 4.98 Å². The first-order valence-electron chi connectivity index (χ1n) is 10.5. The molecule has 4 rings (SSSR count). The molecule has 0 unspecified atom stereocenters. The topological polar surface area (TPSA) is 60.6 Å². The minimum atomic E-state index is 0.350. The van der Waals surface area contributed by atoms with Crippen LogP contribution >= 0.6 is 0 Å². The number of hydrogen-bond donors (Lipinski definition) is 0. The fraction of sp³-hybridized carbons (Fsp3) is 0.417. The van der Waals surface area contributed by atoms with Gasteiger partial charge in [0.2, 0.25) is 11.7 Å². The van der Waals surface area contributed by atoms with Crippen molar-refractivity contribution in [2.24, 2.45) is 0 Å². The van der Waals surface area contributed by atoms with E-state index in [9.17, 15) is 0 Å². The Balaban J connectivity index is 1.30. The summed E-state index contributed by atoms with van der Waals surface area (Å²) < 4.78 is 16.1.